The van der Waals surface area contributed by atoms with Crippen molar-refractivity contribution in [1.29, 1.82) is 0 Å². The van der Waals surface area contributed by atoms with E-state index in [4.69, 9.17) is 5.73 Å². The average molecular weight is 297 g/mol. The summed E-state index contributed by atoms with van der Waals surface area (Å²) in [6.07, 6.45) is 4.10. The molecular weight excluding hydrogens is 280 g/mol. The van der Waals surface area contributed by atoms with Gasteiger partial charge < -0.3 is 10.2 Å². The van der Waals surface area contributed by atoms with Gasteiger partial charge in [-0.3, -0.25) is 10.5 Å². The fourth-order valence-corrected chi connectivity index (χ4v) is 2.40. The molecule has 7 heteroatoms. The van der Waals surface area contributed by atoms with Crippen LogP contribution in [-0.4, -0.2) is 46.9 Å². The van der Waals surface area contributed by atoms with Gasteiger partial charge in [-0.05, 0) is 31.2 Å². The van der Waals surface area contributed by atoms with E-state index in [9.17, 15) is 4.79 Å². The summed E-state index contributed by atoms with van der Waals surface area (Å²) in [5, 5.41) is 3.32. The number of carbonyl (C=O) groups is 1. The van der Waals surface area contributed by atoms with Crippen LogP contribution in [0.25, 0.3) is 0 Å². The molecule has 0 atom stereocenters. The number of aromatic nitrogens is 3. The fourth-order valence-electron chi connectivity index (χ4n) is 2.40. The molecule has 113 valence electrons. The Balaban J connectivity index is 1.87. The van der Waals surface area contributed by atoms with Crippen molar-refractivity contribution in [1.82, 2.24) is 26.0 Å². The Kier molecular flexibility index (Phi) is 4.24. The number of hydrogen-bond donors (Lipinski definition) is 1. The van der Waals surface area contributed by atoms with Crippen LogP contribution in [0.4, 0.5) is 11.8 Å². The van der Waals surface area contributed by atoms with Gasteiger partial charge in [0.1, 0.15) is 5.69 Å². The molecule has 0 saturated carbocycles. The van der Waals surface area contributed by atoms with Gasteiger partial charge in [0, 0.05) is 32.0 Å². The van der Waals surface area contributed by atoms with Crippen molar-refractivity contribution in [2.24, 2.45) is 0 Å². The third kappa shape index (κ3) is 3.04. The van der Waals surface area contributed by atoms with Crippen molar-refractivity contribution in [3.63, 3.8) is 0 Å². The Bertz CT molecular complexity index is 667. The molecule has 3 heterocycles. The second-order valence-corrected chi connectivity index (χ2v) is 5.06. The predicted octanol–water partition coefficient (Wildman–Crippen LogP) is 0.817. The topological polar surface area (TPSA) is 94.8 Å². The van der Waals surface area contributed by atoms with E-state index in [0.717, 1.165) is 32.6 Å². The number of nitrogens with one attached hydrogen (secondary N) is 2. The van der Waals surface area contributed by atoms with Crippen LogP contribution >= 0.6 is 0 Å². The highest BCUT2D eigenvalue weighted by Gasteiger charge is 2.18. The minimum Gasteiger partial charge on any atom is -0.339 e. The van der Waals surface area contributed by atoms with E-state index in [2.05, 4.69) is 25.2 Å². The van der Waals surface area contributed by atoms with Crippen LogP contribution in [0.5, 0.6) is 0 Å². The standard InChI is InChI=1S/C15H17N6O/c16-14-11(3-1-6-18-14)13(22)12-4-7-19-15(20-12)21-9-2-5-17-8-10-21/h1,3-4,6-7,16-17H,2,5,8-10H2. The van der Waals surface area contributed by atoms with Crippen LogP contribution in [0.3, 0.4) is 0 Å². The zero-order valence-electron chi connectivity index (χ0n) is 12.1. The summed E-state index contributed by atoms with van der Waals surface area (Å²) >= 11 is 0. The maximum atomic E-state index is 12.5. The first-order chi connectivity index (χ1) is 10.8. The van der Waals surface area contributed by atoms with Crippen molar-refractivity contribution in [2.75, 3.05) is 31.1 Å². The number of anilines is 1. The lowest BCUT2D eigenvalue weighted by molar-refractivity contribution is 0.103. The SMILES string of the molecule is [NH]c1ncccc1C(=O)c1ccnc(N2CCCNCC2)n1. The molecule has 0 spiro atoms. The van der Waals surface area contributed by atoms with Crippen molar-refractivity contribution in [3.05, 3.63) is 41.9 Å². The van der Waals surface area contributed by atoms with Gasteiger partial charge in [-0.1, -0.05) is 0 Å². The predicted molar refractivity (Wildman–Crippen MR) is 82.2 cm³/mol. The summed E-state index contributed by atoms with van der Waals surface area (Å²) in [5.41, 5.74) is 8.28. The molecule has 2 aromatic rings. The van der Waals surface area contributed by atoms with Gasteiger partial charge in [0.2, 0.25) is 11.7 Å². The first-order valence-electron chi connectivity index (χ1n) is 7.26. The maximum absolute atomic E-state index is 12.5. The zero-order valence-corrected chi connectivity index (χ0v) is 12.1. The van der Waals surface area contributed by atoms with E-state index in [0.29, 0.717) is 11.6 Å². The Morgan fingerprint density at radius 1 is 1.18 bits per heavy atom. The van der Waals surface area contributed by atoms with E-state index >= 15 is 0 Å². The van der Waals surface area contributed by atoms with E-state index in [-0.39, 0.29) is 17.2 Å². The molecule has 1 saturated heterocycles. The molecule has 0 unspecified atom stereocenters. The second kappa shape index (κ2) is 6.48. The Morgan fingerprint density at radius 3 is 2.95 bits per heavy atom. The van der Waals surface area contributed by atoms with E-state index in [1.54, 1.807) is 24.4 Å². The summed E-state index contributed by atoms with van der Waals surface area (Å²) in [7, 11) is 0. The summed E-state index contributed by atoms with van der Waals surface area (Å²) in [6.45, 7) is 3.53. The number of ketones is 1. The van der Waals surface area contributed by atoms with Crippen molar-refractivity contribution in [2.45, 2.75) is 6.42 Å². The van der Waals surface area contributed by atoms with Gasteiger partial charge in [-0.25, -0.2) is 15.0 Å². The summed E-state index contributed by atoms with van der Waals surface area (Å²) in [5.74, 6) is 0.228. The van der Waals surface area contributed by atoms with E-state index < -0.39 is 0 Å². The third-order valence-electron chi connectivity index (χ3n) is 3.55. The smallest absolute Gasteiger partial charge is 0.226 e. The molecule has 1 fully saturated rings. The fraction of sp³-hybridized carbons (Fsp3) is 0.333. The largest absolute Gasteiger partial charge is 0.339 e. The van der Waals surface area contributed by atoms with Gasteiger partial charge in [0.05, 0.1) is 5.56 Å². The minimum atomic E-state index is -0.297. The molecule has 1 aliphatic rings. The van der Waals surface area contributed by atoms with Crippen LogP contribution in [0.15, 0.2) is 30.6 Å². The summed E-state index contributed by atoms with van der Waals surface area (Å²) < 4.78 is 0. The summed E-state index contributed by atoms with van der Waals surface area (Å²) in [6, 6.07) is 4.82. The highest BCUT2D eigenvalue weighted by molar-refractivity contribution is 6.10. The number of carbonyl (C=O) groups excluding carboxylic acids is 1. The average Bonchev–Trinajstić information content (AvgIpc) is 2.84. The van der Waals surface area contributed by atoms with Crippen molar-refractivity contribution < 1.29 is 4.79 Å². The molecule has 2 N–H and O–H groups in total. The van der Waals surface area contributed by atoms with Gasteiger partial charge in [-0.15, -0.1) is 0 Å². The monoisotopic (exact) mass is 297 g/mol. The molecule has 7 nitrogen and oxygen atoms in total. The van der Waals surface area contributed by atoms with Crippen molar-refractivity contribution in [3.8, 4) is 0 Å². The number of rotatable bonds is 3. The third-order valence-corrected chi connectivity index (χ3v) is 3.55. The Hall–Kier alpha value is -2.54. The molecule has 0 bridgehead atoms. The van der Waals surface area contributed by atoms with Crippen LogP contribution < -0.4 is 16.0 Å². The molecule has 0 amide bonds. The Morgan fingerprint density at radius 2 is 2.09 bits per heavy atom. The molecule has 22 heavy (non-hydrogen) atoms. The quantitative estimate of drug-likeness (QED) is 0.843. The summed E-state index contributed by atoms with van der Waals surface area (Å²) in [4.78, 5) is 27.1. The number of nitrogens with zero attached hydrogens (tertiary/aromatic N) is 4. The number of hydrogen-bond acceptors (Lipinski definition) is 6. The van der Waals surface area contributed by atoms with Gasteiger partial charge in [-0.2, -0.15) is 0 Å². The minimum absolute atomic E-state index is 0.0355. The van der Waals surface area contributed by atoms with Crippen LogP contribution in [0.2, 0.25) is 0 Å². The van der Waals surface area contributed by atoms with Gasteiger partial charge in [0.15, 0.2) is 5.82 Å². The molecule has 2 aromatic heterocycles. The maximum Gasteiger partial charge on any atom is 0.226 e. The lowest BCUT2D eigenvalue weighted by atomic mass is 10.1. The highest BCUT2D eigenvalue weighted by Crippen LogP contribution is 2.16. The Labute approximate surface area is 128 Å². The molecule has 1 aliphatic heterocycles. The van der Waals surface area contributed by atoms with Crippen LogP contribution in [-0.2, 0) is 0 Å². The van der Waals surface area contributed by atoms with Gasteiger partial charge in [0.25, 0.3) is 0 Å². The first kappa shape index (κ1) is 14.4. The first-order valence-corrected chi connectivity index (χ1v) is 7.26. The lowest BCUT2D eigenvalue weighted by Gasteiger charge is -2.19. The van der Waals surface area contributed by atoms with Crippen molar-refractivity contribution >= 4 is 17.5 Å². The molecule has 1 radical (unpaired) electrons. The molecule has 0 aliphatic carbocycles. The van der Waals surface area contributed by atoms with Gasteiger partial charge >= 0.3 is 0 Å². The van der Waals surface area contributed by atoms with E-state index in [1.165, 1.54) is 6.20 Å². The lowest BCUT2D eigenvalue weighted by Crippen LogP contribution is -2.29. The number of pyridine rings is 1. The molecule has 3 rings (SSSR count). The highest BCUT2D eigenvalue weighted by atomic mass is 16.1. The normalized spacial score (nSPS) is 15.4. The molecule has 0 aromatic carbocycles. The zero-order chi connectivity index (χ0) is 15.4. The van der Waals surface area contributed by atoms with E-state index in [1.807, 2.05) is 0 Å². The van der Waals surface area contributed by atoms with Crippen LogP contribution in [0, 0.1) is 0 Å². The van der Waals surface area contributed by atoms with Crippen LogP contribution in [0.1, 0.15) is 22.5 Å². The second-order valence-electron chi connectivity index (χ2n) is 5.06. The molecular formula is C15H17N6O.